The molecule has 4 rings (SSSR count). The molecule has 1 aromatic heterocycles. The van der Waals surface area contributed by atoms with Gasteiger partial charge >= 0.3 is 0 Å². The largest absolute Gasteiger partial charge is 0.379 e. The lowest BCUT2D eigenvalue weighted by Crippen LogP contribution is -2.41. The van der Waals surface area contributed by atoms with Crippen molar-refractivity contribution in [3.63, 3.8) is 0 Å². The molecule has 2 aromatic rings. The molecule has 30 heavy (non-hydrogen) atoms. The minimum absolute atomic E-state index is 0.0951. The Kier molecular flexibility index (Phi) is 6.28. The molecule has 3 heterocycles. The monoisotopic (exact) mass is 432 g/mol. The van der Waals surface area contributed by atoms with Crippen molar-refractivity contribution >= 4 is 27.3 Å². The zero-order chi connectivity index (χ0) is 21.0. The van der Waals surface area contributed by atoms with E-state index in [4.69, 9.17) is 9.47 Å². The van der Waals surface area contributed by atoms with E-state index in [1.54, 1.807) is 36.7 Å². The highest BCUT2D eigenvalue weighted by Crippen LogP contribution is 2.28. The fourth-order valence-corrected chi connectivity index (χ4v) is 4.94. The number of pyridine rings is 1. The first-order valence-electron chi connectivity index (χ1n) is 9.82. The summed E-state index contributed by atoms with van der Waals surface area (Å²) in [4.78, 5) is 19.2. The van der Waals surface area contributed by atoms with E-state index in [2.05, 4.69) is 10.3 Å². The van der Waals surface area contributed by atoms with E-state index in [1.165, 1.54) is 10.4 Å². The minimum Gasteiger partial charge on any atom is -0.379 e. The Morgan fingerprint density at radius 1 is 1.00 bits per heavy atom. The average Bonchev–Trinajstić information content (AvgIpc) is 2.80. The van der Waals surface area contributed by atoms with Gasteiger partial charge in [0.15, 0.2) is 0 Å². The smallest absolute Gasteiger partial charge is 0.257 e. The normalized spacial score (nSPS) is 18.2. The fraction of sp³-hybridized carbons (Fsp3) is 0.400. The predicted molar refractivity (Wildman–Crippen MR) is 111 cm³/mol. The number of ether oxygens (including phenoxy) is 2. The first kappa shape index (κ1) is 20.7. The van der Waals surface area contributed by atoms with Gasteiger partial charge in [-0.2, -0.15) is 4.31 Å². The Bertz CT molecular complexity index is 988. The summed E-state index contributed by atoms with van der Waals surface area (Å²) in [5, 5.41) is 2.81. The number of rotatable bonds is 5. The van der Waals surface area contributed by atoms with Crippen LogP contribution in [-0.4, -0.2) is 76.2 Å². The Morgan fingerprint density at radius 3 is 2.37 bits per heavy atom. The number of anilines is 2. The van der Waals surface area contributed by atoms with Gasteiger partial charge in [-0.15, -0.1) is 0 Å². The van der Waals surface area contributed by atoms with Crippen LogP contribution in [0.25, 0.3) is 0 Å². The molecule has 1 N–H and O–H groups in total. The number of nitrogens with zero attached hydrogens (tertiary/aromatic N) is 3. The number of morpholine rings is 2. The summed E-state index contributed by atoms with van der Waals surface area (Å²) in [6, 6.07) is 8.18. The molecular formula is C20H24N4O5S. The maximum Gasteiger partial charge on any atom is 0.257 e. The SMILES string of the molecule is O=C(Nc1cccnc1)c1cc(S(=O)(=O)N2CCOCC2)ccc1N1CCOCC1. The van der Waals surface area contributed by atoms with Crippen molar-refractivity contribution < 1.29 is 22.7 Å². The summed E-state index contributed by atoms with van der Waals surface area (Å²) in [6.45, 7) is 3.68. The van der Waals surface area contributed by atoms with Gasteiger partial charge in [0.2, 0.25) is 10.0 Å². The van der Waals surface area contributed by atoms with E-state index < -0.39 is 10.0 Å². The number of hydrogen-bond donors (Lipinski definition) is 1. The van der Waals surface area contributed by atoms with Gasteiger partial charge in [-0.25, -0.2) is 8.42 Å². The summed E-state index contributed by atoms with van der Waals surface area (Å²) in [6.07, 6.45) is 3.16. The van der Waals surface area contributed by atoms with Gasteiger partial charge in [-0.3, -0.25) is 9.78 Å². The molecule has 0 bridgehead atoms. The minimum atomic E-state index is -3.72. The average molecular weight is 433 g/mol. The van der Waals surface area contributed by atoms with Gasteiger partial charge in [-0.1, -0.05) is 0 Å². The number of aromatic nitrogens is 1. The van der Waals surface area contributed by atoms with Gasteiger partial charge in [0.25, 0.3) is 5.91 Å². The number of carbonyl (C=O) groups excluding carboxylic acids is 1. The van der Waals surface area contributed by atoms with Crippen LogP contribution in [0.1, 0.15) is 10.4 Å². The molecule has 0 spiro atoms. The predicted octanol–water partition coefficient (Wildman–Crippen LogP) is 1.19. The molecule has 0 unspecified atom stereocenters. The van der Waals surface area contributed by atoms with E-state index in [0.29, 0.717) is 69.5 Å². The molecule has 2 aliphatic heterocycles. The van der Waals surface area contributed by atoms with Crippen LogP contribution in [0.15, 0.2) is 47.6 Å². The number of hydrogen-bond acceptors (Lipinski definition) is 7. The van der Waals surface area contributed by atoms with Gasteiger partial charge < -0.3 is 19.7 Å². The summed E-state index contributed by atoms with van der Waals surface area (Å²) in [5.41, 5.74) is 1.52. The van der Waals surface area contributed by atoms with Crippen molar-refractivity contribution in [2.75, 3.05) is 62.8 Å². The number of nitrogens with one attached hydrogen (secondary N) is 1. The Morgan fingerprint density at radius 2 is 1.70 bits per heavy atom. The van der Waals surface area contributed by atoms with Gasteiger partial charge in [0, 0.05) is 38.1 Å². The standard InChI is InChI=1S/C20H24N4O5S/c25-20(22-16-2-1-5-21-15-16)18-14-17(30(26,27)24-8-12-29-13-9-24)3-4-19(18)23-6-10-28-11-7-23/h1-5,14-15H,6-13H2,(H,22,25). The van der Waals surface area contributed by atoms with Crippen molar-refractivity contribution in [1.29, 1.82) is 0 Å². The Balaban J connectivity index is 1.70. The summed E-state index contributed by atoms with van der Waals surface area (Å²) in [7, 11) is -3.72. The third kappa shape index (κ3) is 4.46. The summed E-state index contributed by atoms with van der Waals surface area (Å²) >= 11 is 0. The molecule has 0 radical (unpaired) electrons. The molecule has 0 saturated carbocycles. The molecule has 9 nitrogen and oxygen atoms in total. The van der Waals surface area contributed by atoms with Crippen LogP contribution in [0, 0.1) is 0 Å². The quantitative estimate of drug-likeness (QED) is 0.757. The Labute approximate surface area is 175 Å². The fourth-order valence-electron chi connectivity index (χ4n) is 3.51. The van der Waals surface area contributed by atoms with E-state index in [-0.39, 0.29) is 10.8 Å². The van der Waals surface area contributed by atoms with E-state index in [9.17, 15) is 13.2 Å². The molecule has 0 atom stereocenters. The number of amides is 1. The van der Waals surface area contributed by atoms with Gasteiger partial charge in [0.1, 0.15) is 0 Å². The van der Waals surface area contributed by atoms with Crippen LogP contribution in [-0.2, 0) is 19.5 Å². The van der Waals surface area contributed by atoms with Gasteiger partial charge in [0.05, 0.1) is 48.8 Å². The number of carbonyl (C=O) groups is 1. The highest BCUT2D eigenvalue weighted by atomic mass is 32.2. The Hall–Kier alpha value is -2.53. The first-order chi connectivity index (χ1) is 14.6. The van der Waals surface area contributed by atoms with Crippen LogP contribution < -0.4 is 10.2 Å². The van der Waals surface area contributed by atoms with Crippen molar-refractivity contribution in [3.05, 3.63) is 48.3 Å². The lowest BCUT2D eigenvalue weighted by atomic mass is 10.1. The molecule has 1 amide bonds. The maximum absolute atomic E-state index is 13.1. The van der Waals surface area contributed by atoms with Crippen LogP contribution in [0.4, 0.5) is 11.4 Å². The highest BCUT2D eigenvalue weighted by Gasteiger charge is 2.29. The number of sulfonamides is 1. The van der Waals surface area contributed by atoms with Crippen LogP contribution in [0.5, 0.6) is 0 Å². The summed E-state index contributed by atoms with van der Waals surface area (Å²) < 4.78 is 38.3. The van der Waals surface area contributed by atoms with Crippen molar-refractivity contribution in [2.45, 2.75) is 4.90 Å². The molecule has 2 aliphatic rings. The zero-order valence-corrected chi connectivity index (χ0v) is 17.3. The van der Waals surface area contributed by atoms with Crippen LogP contribution in [0.3, 0.4) is 0 Å². The topological polar surface area (TPSA) is 101 Å². The highest BCUT2D eigenvalue weighted by molar-refractivity contribution is 7.89. The van der Waals surface area contributed by atoms with E-state index in [0.717, 1.165) is 0 Å². The van der Waals surface area contributed by atoms with Crippen LogP contribution in [0.2, 0.25) is 0 Å². The van der Waals surface area contributed by atoms with E-state index in [1.807, 2.05) is 4.90 Å². The molecule has 10 heteroatoms. The maximum atomic E-state index is 13.1. The zero-order valence-electron chi connectivity index (χ0n) is 16.5. The third-order valence-corrected chi connectivity index (χ3v) is 6.99. The molecule has 2 fully saturated rings. The summed E-state index contributed by atoms with van der Waals surface area (Å²) in [5.74, 6) is -0.386. The van der Waals surface area contributed by atoms with Crippen molar-refractivity contribution in [2.24, 2.45) is 0 Å². The number of benzene rings is 1. The second-order valence-corrected chi connectivity index (χ2v) is 8.93. The molecule has 2 saturated heterocycles. The van der Waals surface area contributed by atoms with E-state index >= 15 is 0 Å². The van der Waals surface area contributed by atoms with Crippen LogP contribution >= 0.6 is 0 Å². The van der Waals surface area contributed by atoms with Crippen molar-refractivity contribution in [1.82, 2.24) is 9.29 Å². The third-order valence-electron chi connectivity index (χ3n) is 5.09. The lowest BCUT2D eigenvalue weighted by Gasteiger charge is -2.31. The van der Waals surface area contributed by atoms with Gasteiger partial charge in [-0.05, 0) is 30.3 Å². The molecule has 0 aliphatic carbocycles. The first-order valence-corrected chi connectivity index (χ1v) is 11.3. The molecule has 1 aromatic carbocycles. The molecular weight excluding hydrogens is 408 g/mol. The molecule has 160 valence electrons. The lowest BCUT2D eigenvalue weighted by molar-refractivity contribution is 0.0730. The second-order valence-electron chi connectivity index (χ2n) is 6.99. The van der Waals surface area contributed by atoms with Crippen molar-refractivity contribution in [3.8, 4) is 0 Å². The second kappa shape index (κ2) is 9.09.